The Bertz CT molecular complexity index is 644. The van der Waals surface area contributed by atoms with Crippen LogP contribution in [0.15, 0.2) is 18.3 Å². The zero-order chi connectivity index (χ0) is 14.1. The summed E-state index contributed by atoms with van der Waals surface area (Å²) in [6.45, 7) is 1.03. The molecule has 1 fully saturated rings. The maximum Gasteiger partial charge on any atom is 0.358 e. The molecule has 0 spiro atoms. The third-order valence-corrected chi connectivity index (χ3v) is 3.67. The maximum atomic E-state index is 11.8. The standard InChI is InChI=1S/C14H17N3O3/c1-20-14(19)13-11-8-10(18)4-6-17(11)12(16-13)7-9-3-2-5-15-9/h4,6,8-9,15,18H,2-3,5,7H2,1H3. The minimum absolute atomic E-state index is 0.105. The fourth-order valence-electron chi connectivity index (χ4n) is 2.68. The number of nitrogens with one attached hydrogen (secondary N) is 1. The second kappa shape index (κ2) is 5.13. The fraction of sp³-hybridized carbons (Fsp3) is 0.429. The predicted molar refractivity (Wildman–Crippen MR) is 72.9 cm³/mol. The molecule has 0 amide bonds. The highest BCUT2D eigenvalue weighted by Crippen LogP contribution is 2.21. The molecule has 0 saturated carbocycles. The number of hydrogen-bond donors (Lipinski definition) is 2. The molecule has 2 N–H and O–H groups in total. The Hall–Kier alpha value is -2.08. The Morgan fingerprint density at radius 3 is 3.20 bits per heavy atom. The summed E-state index contributed by atoms with van der Waals surface area (Å²) in [5, 5.41) is 13.0. The van der Waals surface area contributed by atoms with Gasteiger partial charge >= 0.3 is 5.97 Å². The molecule has 0 aromatic carbocycles. The largest absolute Gasteiger partial charge is 0.508 e. The van der Waals surface area contributed by atoms with Crippen molar-refractivity contribution in [1.29, 1.82) is 0 Å². The van der Waals surface area contributed by atoms with Gasteiger partial charge in [-0.2, -0.15) is 0 Å². The Balaban J connectivity index is 2.05. The molecule has 3 rings (SSSR count). The van der Waals surface area contributed by atoms with Crippen molar-refractivity contribution in [3.8, 4) is 5.75 Å². The summed E-state index contributed by atoms with van der Waals surface area (Å²) in [6.07, 6.45) is 4.76. The third kappa shape index (κ3) is 2.22. The number of esters is 1. The van der Waals surface area contributed by atoms with Gasteiger partial charge in [0.25, 0.3) is 0 Å². The van der Waals surface area contributed by atoms with Crippen molar-refractivity contribution in [2.75, 3.05) is 13.7 Å². The first kappa shape index (κ1) is 12.9. The van der Waals surface area contributed by atoms with Crippen LogP contribution in [0.3, 0.4) is 0 Å². The molecular formula is C14H17N3O3. The summed E-state index contributed by atoms with van der Waals surface area (Å²) >= 11 is 0. The lowest BCUT2D eigenvalue weighted by atomic mass is 10.1. The highest BCUT2D eigenvalue weighted by Gasteiger charge is 2.22. The van der Waals surface area contributed by atoms with Crippen LogP contribution in [0.4, 0.5) is 0 Å². The summed E-state index contributed by atoms with van der Waals surface area (Å²) in [5.41, 5.74) is 0.821. The number of pyridine rings is 1. The predicted octanol–water partition coefficient (Wildman–Crippen LogP) is 1.12. The van der Waals surface area contributed by atoms with Crippen LogP contribution in [-0.4, -0.2) is 40.2 Å². The van der Waals surface area contributed by atoms with Gasteiger partial charge in [0.15, 0.2) is 5.69 Å². The van der Waals surface area contributed by atoms with Gasteiger partial charge in [0.05, 0.1) is 12.6 Å². The average Bonchev–Trinajstić information content (AvgIpc) is 3.06. The molecule has 3 heterocycles. The molecule has 0 bridgehead atoms. The van der Waals surface area contributed by atoms with Crippen LogP contribution in [0.5, 0.6) is 5.75 Å². The molecule has 1 saturated heterocycles. The minimum Gasteiger partial charge on any atom is -0.508 e. The number of aromatic hydroxyl groups is 1. The molecule has 2 aromatic rings. The summed E-state index contributed by atoms with van der Waals surface area (Å²) in [6, 6.07) is 3.51. The van der Waals surface area contributed by atoms with Crippen LogP contribution in [-0.2, 0) is 11.2 Å². The first-order valence-electron chi connectivity index (χ1n) is 6.70. The molecule has 1 aliphatic rings. The molecule has 6 heteroatoms. The number of carbonyl (C=O) groups is 1. The van der Waals surface area contributed by atoms with Gasteiger partial charge in [-0.15, -0.1) is 0 Å². The SMILES string of the molecule is COC(=O)c1nc(CC2CCCN2)n2ccc(O)cc12. The van der Waals surface area contributed by atoms with Gasteiger partial charge in [-0.1, -0.05) is 0 Å². The number of imidazole rings is 1. The number of hydrogen-bond acceptors (Lipinski definition) is 5. The lowest BCUT2D eigenvalue weighted by Gasteiger charge is -2.08. The number of methoxy groups -OCH3 is 1. The van der Waals surface area contributed by atoms with E-state index in [0.29, 0.717) is 11.6 Å². The van der Waals surface area contributed by atoms with Crippen molar-refractivity contribution in [2.45, 2.75) is 25.3 Å². The lowest BCUT2D eigenvalue weighted by molar-refractivity contribution is 0.0597. The number of aromatic nitrogens is 2. The van der Waals surface area contributed by atoms with Crippen LogP contribution >= 0.6 is 0 Å². The molecule has 6 nitrogen and oxygen atoms in total. The van der Waals surface area contributed by atoms with E-state index in [2.05, 4.69) is 10.3 Å². The highest BCUT2D eigenvalue weighted by molar-refractivity contribution is 5.95. The van der Waals surface area contributed by atoms with Gasteiger partial charge in [0.1, 0.15) is 11.6 Å². The van der Waals surface area contributed by atoms with Crippen LogP contribution in [0, 0.1) is 0 Å². The Labute approximate surface area is 116 Å². The van der Waals surface area contributed by atoms with Crippen LogP contribution < -0.4 is 5.32 Å². The molecule has 106 valence electrons. The normalized spacial score (nSPS) is 18.6. The molecule has 2 aromatic heterocycles. The smallest absolute Gasteiger partial charge is 0.358 e. The van der Waals surface area contributed by atoms with E-state index in [0.717, 1.165) is 25.2 Å². The second-order valence-corrected chi connectivity index (χ2v) is 5.01. The first-order chi connectivity index (χ1) is 9.69. The zero-order valence-corrected chi connectivity index (χ0v) is 11.3. The van der Waals surface area contributed by atoms with Crippen molar-refractivity contribution in [1.82, 2.24) is 14.7 Å². The zero-order valence-electron chi connectivity index (χ0n) is 11.3. The third-order valence-electron chi connectivity index (χ3n) is 3.67. The van der Waals surface area contributed by atoms with E-state index in [1.54, 1.807) is 12.3 Å². The topological polar surface area (TPSA) is 75.9 Å². The second-order valence-electron chi connectivity index (χ2n) is 5.01. The fourth-order valence-corrected chi connectivity index (χ4v) is 2.68. The van der Waals surface area contributed by atoms with Crippen LogP contribution in [0.2, 0.25) is 0 Å². The summed E-state index contributed by atoms with van der Waals surface area (Å²) < 4.78 is 6.59. The molecule has 1 unspecified atom stereocenters. The van der Waals surface area contributed by atoms with Crippen LogP contribution in [0.1, 0.15) is 29.2 Å². The first-order valence-corrected chi connectivity index (χ1v) is 6.70. The van der Waals surface area contributed by atoms with E-state index < -0.39 is 5.97 Å². The summed E-state index contributed by atoms with van der Waals surface area (Å²) in [7, 11) is 1.33. The van der Waals surface area contributed by atoms with E-state index in [4.69, 9.17) is 4.74 Å². The van der Waals surface area contributed by atoms with Crippen molar-refractivity contribution in [3.63, 3.8) is 0 Å². The van der Waals surface area contributed by atoms with Crippen molar-refractivity contribution < 1.29 is 14.6 Å². The highest BCUT2D eigenvalue weighted by atomic mass is 16.5. The number of carbonyl (C=O) groups excluding carboxylic acids is 1. The van der Waals surface area contributed by atoms with Crippen LogP contribution in [0.25, 0.3) is 5.52 Å². The molecule has 0 aliphatic carbocycles. The van der Waals surface area contributed by atoms with Crippen molar-refractivity contribution in [2.24, 2.45) is 0 Å². The van der Waals surface area contributed by atoms with E-state index in [1.165, 1.54) is 19.6 Å². The Morgan fingerprint density at radius 2 is 2.50 bits per heavy atom. The van der Waals surface area contributed by atoms with E-state index >= 15 is 0 Å². The summed E-state index contributed by atoms with van der Waals surface area (Å²) in [5.74, 6) is 0.423. The van der Waals surface area contributed by atoms with Gasteiger partial charge in [0, 0.05) is 24.7 Å². The van der Waals surface area contributed by atoms with Gasteiger partial charge in [-0.05, 0) is 25.5 Å². The maximum absolute atomic E-state index is 11.8. The molecule has 20 heavy (non-hydrogen) atoms. The van der Waals surface area contributed by atoms with Gasteiger partial charge in [0.2, 0.25) is 0 Å². The number of ether oxygens (including phenoxy) is 1. The Morgan fingerprint density at radius 1 is 1.65 bits per heavy atom. The van der Waals surface area contributed by atoms with E-state index in [1.807, 2.05) is 4.40 Å². The van der Waals surface area contributed by atoms with Gasteiger partial charge in [-0.25, -0.2) is 9.78 Å². The average molecular weight is 275 g/mol. The number of rotatable bonds is 3. The molecule has 0 radical (unpaired) electrons. The van der Waals surface area contributed by atoms with E-state index in [-0.39, 0.29) is 11.4 Å². The van der Waals surface area contributed by atoms with Crippen molar-refractivity contribution >= 4 is 11.5 Å². The van der Waals surface area contributed by atoms with Gasteiger partial charge < -0.3 is 19.6 Å². The molecular weight excluding hydrogens is 258 g/mol. The number of nitrogens with zero attached hydrogens (tertiary/aromatic N) is 2. The summed E-state index contributed by atoms with van der Waals surface area (Å²) in [4.78, 5) is 16.2. The monoisotopic (exact) mass is 275 g/mol. The minimum atomic E-state index is -0.487. The van der Waals surface area contributed by atoms with Crippen molar-refractivity contribution in [3.05, 3.63) is 29.8 Å². The lowest BCUT2D eigenvalue weighted by Crippen LogP contribution is -2.24. The Kier molecular flexibility index (Phi) is 3.31. The van der Waals surface area contributed by atoms with E-state index in [9.17, 15) is 9.90 Å². The number of fused-ring (bicyclic) bond motifs is 1. The molecule has 1 atom stereocenters. The van der Waals surface area contributed by atoms with Gasteiger partial charge in [-0.3, -0.25) is 0 Å². The molecule has 1 aliphatic heterocycles. The quantitative estimate of drug-likeness (QED) is 0.821.